The van der Waals surface area contributed by atoms with Crippen molar-refractivity contribution in [1.29, 1.82) is 0 Å². The molecule has 2 N–H and O–H groups in total. The third-order valence-electron chi connectivity index (χ3n) is 4.97. The lowest BCUT2D eigenvalue weighted by Crippen LogP contribution is -2.52. The topological polar surface area (TPSA) is 32.5 Å². The number of hydrogen-bond donors (Lipinski definition) is 1. The maximum atomic E-state index is 6.13. The summed E-state index contributed by atoms with van der Waals surface area (Å²) in [6.07, 6.45) is 3.94. The highest BCUT2D eigenvalue weighted by atomic mass is 35.5. The van der Waals surface area contributed by atoms with E-state index in [2.05, 4.69) is 16.8 Å². The van der Waals surface area contributed by atoms with Gasteiger partial charge in [-0.15, -0.1) is 0 Å². The lowest BCUT2D eigenvalue weighted by Gasteiger charge is -2.46. The van der Waals surface area contributed by atoms with E-state index in [0.29, 0.717) is 15.7 Å². The van der Waals surface area contributed by atoms with Crippen LogP contribution in [0.15, 0.2) is 12.1 Å². The van der Waals surface area contributed by atoms with Gasteiger partial charge in [0.1, 0.15) is 0 Å². The molecule has 2 atom stereocenters. The molecule has 2 saturated heterocycles. The fourth-order valence-corrected chi connectivity index (χ4v) is 4.39. The van der Waals surface area contributed by atoms with Gasteiger partial charge in [0, 0.05) is 19.1 Å². The van der Waals surface area contributed by atoms with Crippen LogP contribution in [0.25, 0.3) is 0 Å². The van der Waals surface area contributed by atoms with E-state index in [1.807, 2.05) is 12.1 Å². The van der Waals surface area contributed by atoms with Crippen molar-refractivity contribution in [1.82, 2.24) is 9.80 Å². The number of piperidine rings is 2. The number of benzene rings is 1. The molecule has 0 aliphatic carbocycles. The first-order chi connectivity index (χ1) is 10.0. The van der Waals surface area contributed by atoms with E-state index in [1.165, 1.54) is 32.4 Å². The predicted octanol–water partition coefficient (Wildman–Crippen LogP) is 3.49. The highest BCUT2D eigenvalue weighted by Gasteiger charge is 2.34. The smallest absolute Gasteiger partial charge is 0.0693 e. The Morgan fingerprint density at radius 2 is 1.90 bits per heavy atom. The molecule has 0 spiro atoms. The Balaban J connectivity index is 1.67. The Morgan fingerprint density at radius 1 is 1.19 bits per heavy atom. The van der Waals surface area contributed by atoms with E-state index in [4.69, 9.17) is 28.9 Å². The van der Waals surface area contributed by atoms with Gasteiger partial charge in [-0.1, -0.05) is 23.2 Å². The van der Waals surface area contributed by atoms with Crippen molar-refractivity contribution in [3.05, 3.63) is 27.7 Å². The molecule has 0 radical (unpaired) electrons. The van der Waals surface area contributed by atoms with Gasteiger partial charge in [-0.05, 0) is 63.0 Å². The van der Waals surface area contributed by atoms with E-state index in [0.717, 1.165) is 30.6 Å². The summed E-state index contributed by atoms with van der Waals surface area (Å²) in [7, 11) is 2.27. The van der Waals surface area contributed by atoms with Crippen molar-refractivity contribution in [2.45, 2.75) is 31.8 Å². The highest BCUT2D eigenvalue weighted by molar-refractivity contribution is 6.38. The summed E-state index contributed by atoms with van der Waals surface area (Å²) in [5.74, 6) is 0.803. The summed E-state index contributed by atoms with van der Waals surface area (Å²) < 4.78 is 0. The summed E-state index contributed by atoms with van der Waals surface area (Å²) in [5, 5.41) is 1.12. The van der Waals surface area contributed by atoms with Gasteiger partial charge >= 0.3 is 0 Å². The van der Waals surface area contributed by atoms with Crippen LogP contribution in [0.3, 0.4) is 0 Å². The van der Waals surface area contributed by atoms with Crippen molar-refractivity contribution < 1.29 is 0 Å². The van der Waals surface area contributed by atoms with Crippen molar-refractivity contribution in [2.24, 2.45) is 5.92 Å². The number of halogens is 2. The Hall–Kier alpha value is -0.480. The van der Waals surface area contributed by atoms with E-state index in [1.54, 1.807) is 0 Å². The second-order valence-electron chi connectivity index (χ2n) is 6.45. The van der Waals surface area contributed by atoms with Crippen molar-refractivity contribution in [3.8, 4) is 0 Å². The standard InChI is InChI=1S/C16H23Cl2N3/c1-20-5-2-3-12-10-21(6-4-15(12)20)9-11-7-13(17)16(19)14(18)8-11/h7-8,12,15H,2-6,9-10,19H2,1H3. The molecule has 5 heteroatoms. The number of anilines is 1. The molecule has 0 saturated carbocycles. The van der Waals surface area contributed by atoms with Crippen LogP contribution in [0.2, 0.25) is 10.0 Å². The maximum absolute atomic E-state index is 6.13. The molecular weight excluding hydrogens is 305 g/mol. The van der Waals surface area contributed by atoms with Gasteiger partial charge in [0.15, 0.2) is 0 Å². The van der Waals surface area contributed by atoms with Crippen LogP contribution < -0.4 is 5.73 Å². The minimum atomic E-state index is 0.481. The fraction of sp³-hybridized carbons (Fsp3) is 0.625. The monoisotopic (exact) mass is 327 g/mol. The Morgan fingerprint density at radius 3 is 2.62 bits per heavy atom. The van der Waals surface area contributed by atoms with E-state index in [-0.39, 0.29) is 0 Å². The molecule has 21 heavy (non-hydrogen) atoms. The molecule has 1 aromatic rings. The average Bonchev–Trinajstić information content (AvgIpc) is 2.45. The fourth-order valence-electron chi connectivity index (χ4n) is 3.86. The number of fused-ring (bicyclic) bond motifs is 1. The van der Waals surface area contributed by atoms with Gasteiger partial charge in [-0.25, -0.2) is 0 Å². The van der Waals surface area contributed by atoms with Gasteiger partial charge in [0.25, 0.3) is 0 Å². The molecule has 0 amide bonds. The zero-order chi connectivity index (χ0) is 15.0. The molecule has 0 aromatic heterocycles. The molecule has 2 aliphatic heterocycles. The Bertz CT molecular complexity index is 497. The van der Waals surface area contributed by atoms with Crippen LogP contribution in [0.5, 0.6) is 0 Å². The molecule has 3 rings (SSSR count). The molecule has 116 valence electrons. The molecule has 0 bridgehead atoms. The van der Waals surface area contributed by atoms with Crippen molar-refractivity contribution >= 4 is 28.9 Å². The summed E-state index contributed by atoms with van der Waals surface area (Å²) in [4.78, 5) is 5.07. The van der Waals surface area contributed by atoms with Crippen LogP contribution in [0.1, 0.15) is 24.8 Å². The van der Waals surface area contributed by atoms with Crippen LogP contribution in [-0.2, 0) is 6.54 Å². The SMILES string of the molecule is CN1CCCC2CN(Cc3cc(Cl)c(N)c(Cl)c3)CCC21. The van der Waals surface area contributed by atoms with Crippen LogP contribution >= 0.6 is 23.2 Å². The Kier molecular flexibility index (Phi) is 4.65. The summed E-state index contributed by atoms with van der Waals surface area (Å²) in [6, 6.07) is 4.66. The quantitative estimate of drug-likeness (QED) is 0.844. The first-order valence-corrected chi connectivity index (χ1v) is 8.46. The van der Waals surface area contributed by atoms with Gasteiger partial charge in [0.2, 0.25) is 0 Å². The van der Waals surface area contributed by atoms with Gasteiger partial charge in [-0.3, -0.25) is 4.90 Å². The molecular formula is C16H23Cl2N3. The average molecular weight is 328 g/mol. The van der Waals surface area contributed by atoms with Gasteiger partial charge < -0.3 is 10.6 Å². The minimum Gasteiger partial charge on any atom is -0.396 e. The lowest BCUT2D eigenvalue weighted by atomic mass is 9.84. The normalized spacial score (nSPS) is 27.6. The summed E-state index contributed by atoms with van der Waals surface area (Å²) >= 11 is 12.3. The predicted molar refractivity (Wildman–Crippen MR) is 89.9 cm³/mol. The number of nitrogens with two attached hydrogens (primary N) is 1. The van der Waals surface area contributed by atoms with Crippen molar-refractivity contribution in [2.75, 3.05) is 32.4 Å². The largest absolute Gasteiger partial charge is 0.396 e. The van der Waals surface area contributed by atoms with E-state index < -0.39 is 0 Å². The zero-order valence-corrected chi connectivity index (χ0v) is 14.0. The summed E-state index contributed by atoms with van der Waals surface area (Å²) in [6.45, 7) is 4.48. The number of nitrogens with zero attached hydrogens (tertiary/aromatic N) is 2. The van der Waals surface area contributed by atoms with Gasteiger partial charge in [-0.2, -0.15) is 0 Å². The Labute approximate surface area is 137 Å². The minimum absolute atomic E-state index is 0.481. The maximum Gasteiger partial charge on any atom is 0.0693 e. The van der Waals surface area contributed by atoms with Crippen LogP contribution in [0.4, 0.5) is 5.69 Å². The van der Waals surface area contributed by atoms with Crippen LogP contribution in [0, 0.1) is 5.92 Å². The molecule has 2 unspecified atom stereocenters. The molecule has 2 fully saturated rings. The third-order valence-corrected chi connectivity index (χ3v) is 5.60. The molecule has 2 heterocycles. The third kappa shape index (κ3) is 3.31. The van der Waals surface area contributed by atoms with E-state index in [9.17, 15) is 0 Å². The zero-order valence-electron chi connectivity index (χ0n) is 12.5. The molecule has 2 aliphatic rings. The highest BCUT2D eigenvalue weighted by Crippen LogP contribution is 2.32. The molecule has 1 aromatic carbocycles. The van der Waals surface area contributed by atoms with Gasteiger partial charge in [0.05, 0.1) is 15.7 Å². The second-order valence-corrected chi connectivity index (χ2v) is 7.26. The van der Waals surface area contributed by atoms with Crippen molar-refractivity contribution in [3.63, 3.8) is 0 Å². The number of nitrogen functional groups attached to an aromatic ring is 1. The summed E-state index contributed by atoms with van der Waals surface area (Å²) in [5.41, 5.74) is 7.44. The lowest BCUT2D eigenvalue weighted by molar-refractivity contribution is 0.0355. The number of rotatable bonds is 2. The number of likely N-dealkylation sites (tertiary alicyclic amines) is 2. The molecule has 3 nitrogen and oxygen atoms in total. The first-order valence-electron chi connectivity index (χ1n) is 7.70. The first kappa shape index (κ1) is 15.4. The van der Waals surface area contributed by atoms with Crippen LogP contribution in [-0.4, -0.2) is 42.5 Å². The number of hydrogen-bond acceptors (Lipinski definition) is 3. The second kappa shape index (κ2) is 6.33. The van der Waals surface area contributed by atoms with E-state index >= 15 is 0 Å².